The van der Waals surface area contributed by atoms with Crippen LogP contribution in [0.3, 0.4) is 0 Å². The molecule has 0 saturated heterocycles. The molecule has 4 heteroatoms. The number of nitrogens with one attached hydrogen (secondary N) is 1. The van der Waals surface area contributed by atoms with Crippen molar-refractivity contribution >= 4 is 17.4 Å². The van der Waals surface area contributed by atoms with Crippen molar-refractivity contribution in [3.8, 4) is 5.88 Å². The van der Waals surface area contributed by atoms with Gasteiger partial charge >= 0.3 is 0 Å². The Kier molecular flexibility index (Phi) is 4.50. The number of nitrogens with zero attached hydrogens (tertiary/aromatic N) is 1. The van der Waals surface area contributed by atoms with Gasteiger partial charge in [0.25, 0.3) is 0 Å². The maximum absolute atomic E-state index is 5.94. The number of hydrogen-bond acceptors (Lipinski definition) is 3. The van der Waals surface area contributed by atoms with Crippen molar-refractivity contribution in [2.24, 2.45) is 0 Å². The van der Waals surface area contributed by atoms with Crippen molar-refractivity contribution < 1.29 is 4.74 Å². The van der Waals surface area contributed by atoms with Gasteiger partial charge in [0.15, 0.2) is 0 Å². The van der Waals surface area contributed by atoms with E-state index in [1.54, 1.807) is 0 Å². The van der Waals surface area contributed by atoms with E-state index in [-0.39, 0.29) is 5.54 Å². The monoisotopic (exact) mass is 290 g/mol. The maximum atomic E-state index is 5.94. The second-order valence-corrected chi connectivity index (χ2v) is 6.09. The number of pyridine rings is 1. The third kappa shape index (κ3) is 4.74. The zero-order valence-corrected chi connectivity index (χ0v) is 12.7. The van der Waals surface area contributed by atoms with Gasteiger partial charge < -0.3 is 10.1 Å². The van der Waals surface area contributed by atoms with Crippen molar-refractivity contribution in [2.45, 2.75) is 32.9 Å². The molecule has 20 heavy (non-hydrogen) atoms. The molecule has 2 rings (SSSR count). The Morgan fingerprint density at radius 2 is 1.90 bits per heavy atom. The van der Waals surface area contributed by atoms with Crippen LogP contribution < -0.4 is 10.1 Å². The summed E-state index contributed by atoms with van der Waals surface area (Å²) < 4.78 is 5.69. The van der Waals surface area contributed by atoms with Crippen LogP contribution in [0.4, 0.5) is 5.82 Å². The molecule has 2 aromatic rings. The minimum Gasteiger partial charge on any atom is -0.473 e. The Balaban J connectivity index is 2.01. The molecule has 0 amide bonds. The first-order valence-corrected chi connectivity index (χ1v) is 6.93. The van der Waals surface area contributed by atoms with Crippen molar-refractivity contribution in [3.63, 3.8) is 0 Å². The van der Waals surface area contributed by atoms with E-state index in [0.29, 0.717) is 17.5 Å². The van der Waals surface area contributed by atoms with E-state index >= 15 is 0 Å². The van der Waals surface area contributed by atoms with Crippen LogP contribution in [0.2, 0.25) is 5.02 Å². The smallest absolute Gasteiger partial charge is 0.215 e. The molecule has 1 N–H and O–H groups in total. The predicted octanol–water partition coefficient (Wildman–Crippen LogP) is 4.52. The van der Waals surface area contributed by atoms with E-state index in [0.717, 1.165) is 11.4 Å². The average molecular weight is 291 g/mol. The molecular weight excluding hydrogens is 272 g/mol. The normalized spacial score (nSPS) is 11.2. The molecule has 0 fully saturated rings. The molecule has 0 unspecified atom stereocenters. The molecule has 1 heterocycles. The molecule has 106 valence electrons. The molecule has 3 nitrogen and oxygen atoms in total. The van der Waals surface area contributed by atoms with Crippen molar-refractivity contribution in [1.29, 1.82) is 0 Å². The SMILES string of the molecule is CC(C)(C)Nc1cccc(OCc2cccc(Cl)c2)n1. The summed E-state index contributed by atoms with van der Waals surface area (Å²) in [6.45, 7) is 6.73. The zero-order valence-electron chi connectivity index (χ0n) is 12.0. The zero-order chi connectivity index (χ0) is 14.6. The fourth-order valence-electron chi connectivity index (χ4n) is 1.73. The van der Waals surface area contributed by atoms with Crippen LogP contribution in [0.15, 0.2) is 42.5 Å². The van der Waals surface area contributed by atoms with Gasteiger partial charge in [-0.15, -0.1) is 0 Å². The highest BCUT2D eigenvalue weighted by molar-refractivity contribution is 6.30. The summed E-state index contributed by atoms with van der Waals surface area (Å²) in [6.07, 6.45) is 0. The van der Waals surface area contributed by atoms with Crippen LogP contribution in [0.5, 0.6) is 5.88 Å². The van der Waals surface area contributed by atoms with Crippen molar-refractivity contribution in [3.05, 3.63) is 53.1 Å². The summed E-state index contributed by atoms with van der Waals surface area (Å²) >= 11 is 5.94. The van der Waals surface area contributed by atoms with Crippen LogP contribution in [0, 0.1) is 0 Å². The third-order valence-corrected chi connectivity index (χ3v) is 2.74. The summed E-state index contributed by atoms with van der Waals surface area (Å²) in [5.41, 5.74) is 0.993. The molecule has 0 aliphatic carbocycles. The first kappa shape index (κ1) is 14.7. The van der Waals surface area contributed by atoms with Crippen LogP contribution in [0.25, 0.3) is 0 Å². The standard InChI is InChI=1S/C16H19ClN2O/c1-16(2,3)19-14-8-5-9-15(18-14)20-11-12-6-4-7-13(17)10-12/h4-10H,11H2,1-3H3,(H,18,19). The van der Waals surface area contributed by atoms with Crippen LogP contribution in [-0.4, -0.2) is 10.5 Å². The number of anilines is 1. The van der Waals surface area contributed by atoms with Crippen molar-refractivity contribution in [1.82, 2.24) is 4.98 Å². The van der Waals surface area contributed by atoms with E-state index in [4.69, 9.17) is 16.3 Å². The Bertz CT molecular complexity index is 579. The van der Waals surface area contributed by atoms with Gasteiger partial charge in [-0.2, -0.15) is 4.98 Å². The lowest BCUT2D eigenvalue weighted by molar-refractivity contribution is 0.294. The van der Waals surface area contributed by atoms with Gasteiger partial charge in [-0.1, -0.05) is 29.8 Å². The van der Waals surface area contributed by atoms with Crippen LogP contribution in [-0.2, 0) is 6.61 Å². The van der Waals surface area contributed by atoms with Crippen molar-refractivity contribution in [2.75, 3.05) is 5.32 Å². The second kappa shape index (κ2) is 6.14. The highest BCUT2D eigenvalue weighted by atomic mass is 35.5. The lowest BCUT2D eigenvalue weighted by Crippen LogP contribution is -2.26. The average Bonchev–Trinajstić information content (AvgIpc) is 2.35. The van der Waals surface area contributed by atoms with Gasteiger partial charge in [0.1, 0.15) is 12.4 Å². The number of halogens is 1. The van der Waals surface area contributed by atoms with E-state index in [2.05, 4.69) is 31.1 Å². The number of aromatic nitrogens is 1. The van der Waals surface area contributed by atoms with E-state index in [1.807, 2.05) is 42.5 Å². The maximum Gasteiger partial charge on any atom is 0.215 e. The molecule has 0 saturated carbocycles. The van der Waals surface area contributed by atoms with Gasteiger partial charge in [-0.05, 0) is 44.5 Å². The van der Waals surface area contributed by atoms with Gasteiger partial charge in [0, 0.05) is 16.6 Å². The highest BCUT2D eigenvalue weighted by Gasteiger charge is 2.10. The fourth-order valence-corrected chi connectivity index (χ4v) is 1.95. The Hall–Kier alpha value is -1.74. The number of rotatable bonds is 4. The highest BCUT2D eigenvalue weighted by Crippen LogP contribution is 2.17. The Morgan fingerprint density at radius 1 is 1.15 bits per heavy atom. The predicted molar refractivity (Wildman–Crippen MR) is 83.4 cm³/mol. The minimum absolute atomic E-state index is 0.0292. The number of ether oxygens (including phenoxy) is 1. The third-order valence-electron chi connectivity index (χ3n) is 2.50. The molecule has 0 atom stereocenters. The number of benzene rings is 1. The molecule has 1 aromatic heterocycles. The molecular formula is C16H19ClN2O. The van der Waals surface area contributed by atoms with Gasteiger partial charge in [0.05, 0.1) is 0 Å². The molecule has 0 bridgehead atoms. The summed E-state index contributed by atoms with van der Waals surface area (Å²) in [5, 5.41) is 4.03. The largest absolute Gasteiger partial charge is 0.473 e. The quantitative estimate of drug-likeness (QED) is 0.898. The Labute approximate surface area is 124 Å². The van der Waals surface area contributed by atoms with E-state index in [9.17, 15) is 0 Å². The topological polar surface area (TPSA) is 34.1 Å². The molecule has 0 aliphatic rings. The summed E-state index contributed by atoms with van der Waals surface area (Å²) in [6, 6.07) is 13.3. The number of hydrogen-bond donors (Lipinski definition) is 1. The fraction of sp³-hybridized carbons (Fsp3) is 0.312. The lowest BCUT2D eigenvalue weighted by Gasteiger charge is -2.21. The molecule has 1 aromatic carbocycles. The minimum atomic E-state index is -0.0292. The molecule has 0 radical (unpaired) electrons. The van der Waals surface area contributed by atoms with E-state index in [1.165, 1.54) is 0 Å². The first-order valence-electron chi connectivity index (χ1n) is 6.55. The summed E-state index contributed by atoms with van der Waals surface area (Å²) in [4.78, 5) is 4.43. The second-order valence-electron chi connectivity index (χ2n) is 5.65. The van der Waals surface area contributed by atoms with Crippen LogP contribution in [0.1, 0.15) is 26.3 Å². The van der Waals surface area contributed by atoms with Gasteiger partial charge in [-0.3, -0.25) is 0 Å². The van der Waals surface area contributed by atoms with Gasteiger partial charge in [-0.25, -0.2) is 0 Å². The van der Waals surface area contributed by atoms with Crippen LogP contribution >= 0.6 is 11.6 Å². The van der Waals surface area contributed by atoms with E-state index < -0.39 is 0 Å². The Morgan fingerprint density at radius 3 is 2.60 bits per heavy atom. The van der Waals surface area contributed by atoms with Gasteiger partial charge in [0.2, 0.25) is 5.88 Å². The molecule has 0 spiro atoms. The molecule has 0 aliphatic heterocycles. The summed E-state index contributed by atoms with van der Waals surface area (Å²) in [5.74, 6) is 1.40. The lowest BCUT2D eigenvalue weighted by atomic mass is 10.1. The first-order chi connectivity index (χ1) is 9.42. The summed E-state index contributed by atoms with van der Waals surface area (Å²) in [7, 11) is 0.